The fourth-order valence-corrected chi connectivity index (χ4v) is 4.39. The molecule has 35 heavy (non-hydrogen) atoms. The Morgan fingerprint density at radius 1 is 1.17 bits per heavy atom. The number of aromatic nitrogens is 2. The first-order valence-electron chi connectivity index (χ1n) is 11.2. The maximum Gasteiger partial charge on any atom is 0.343 e. The third kappa shape index (κ3) is 3.94. The number of ether oxygens (including phenoxy) is 1. The van der Waals surface area contributed by atoms with Crippen LogP contribution < -0.4 is 15.2 Å². The van der Waals surface area contributed by atoms with E-state index in [2.05, 4.69) is 4.98 Å². The molecule has 180 valence electrons. The van der Waals surface area contributed by atoms with Crippen LogP contribution in [-0.4, -0.2) is 53.2 Å². The van der Waals surface area contributed by atoms with Gasteiger partial charge in [0.05, 0.1) is 22.4 Å². The topological polar surface area (TPSA) is 124 Å². The molecule has 0 bridgehead atoms. The highest BCUT2D eigenvalue weighted by molar-refractivity contribution is 5.96. The molecule has 3 heterocycles. The molecule has 0 atom stereocenters. The molecule has 11 nitrogen and oxygen atoms in total. The van der Waals surface area contributed by atoms with Crippen LogP contribution in [0.5, 0.6) is 0 Å². The van der Waals surface area contributed by atoms with Gasteiger partial charge in [0.15, 0.2) is 5.58 Å². The van der Waals surface area contributed by atoms with E-state index in [1.165, 1.54) is 12.3 Å². The zero-order chi connectivity index (χ0) is 24.7. The number of oxazole rings is 1. The standard InChI is InChI=1S/C24H23N5O6/c1-3-34-23(31)16-14-26(2)18-13-19(20(29(32)33)12-15(18)22(16)30)27-8-10-28(11-9-27)24-25-17-6-4-5-7-21(17)35-24/h4-7,12-14H,3,8-11H2,1-2H3. The van der Waals surface area contributed by atoms with Crippen molar-refractivity contribution in [3.63, 3.8) is 0 Å². The Bertz CT molecular complexity index is 1480. The molecule has 11 heteroatoms. The number of nitro benzene ring substituents is 1. The second-order valence-corrected chi connectivity index (χ2v) is 8.26. The van der Waals surface area contributed by atoms with Gasteiger partial charge in [0, 0.05) is 45.5 Å². The van der Waals surface area contributed by atoms with Crippen molar-refractivity contribution in [2.45, 2.75) is 6.92 Å². The quantitative estimate of drug-likeness (QED) is 0.242. The number of rotatable bonds is 5. The van der Waals surface area contributed by atoms with Gasteiger partial charge in [-0.3, -0.25) is 14.9 Å². The number of anilines is 2. The van der Waals surface area contributed by atoms with Gasteiger partial charge in [-0.25, -0.2) is 4.79 Å². The van der Waals surface area contributed by atoms with Crippen LogP contribution in [0.2, 0.25) is 0 Å². The van der Waals surface area contributed by atoms with Crippen molar-refractivity contribution in [1.29, 1.82) is 0 Å². The SMILES string of the molecule is CCOC(=O)c1cn(C)c2cc(N3CCN(c4nc5ccccc5o4)CC3)c([N+](=O)[O-])cc2c1=O. The molecule has 5 rings (SSSR count). The minimum atomic E-state index is -0.753. The lowest BCUT2D eigenvalue weighted by molar-refractivity contribution is -0.384. The number of nitrogens with zero attached hydrogens (tertiary/aromatic N) is 5. The minimum absolute atomic E-state index is 0.0959. The molecular formula is C24H23N5O6. The minimum Gasteiger partial charge on any atom is -0.462 e. The van der Waals surface area contributed by atoms with Crippen molar-refractivity contribution in [3.05, 3.63) is 68.5 Å². The smallest absolute Gasteiger partial charge is 0.343 e. The summed E-state index contributed by atoms with van der Waals surface area (Å²) in [6, 6.07) is 10.9. The van der Waals surface area contributed by atoms with Crippen LogP contribution in [0.15, 0.2) is 51.8 Å². The van der Waals surface area contributed by atoms with Crippen LogP contribution >= 0.6 is 0 Å². The lowest BCUT2D eigenvalue weighted by Gasteiger charge is -2.35. The molecule has 0 N–H and O–H groups in total. The molecule has 0 aliphatic carbocycles. The molecule has 4 aromatic rings. The lowest BCUT2D eigenvalue weighted by atomic mass is 10.1. The molecular weight excluding hydrogens is 454 g/mol. The van der Waals surface area contributed by atoms with E-state index in [4.69, 9.17) is 9.15 Å². The number of piperazine rings is 1. The Balaban J connectivity index is 1.48. The highest BCUT2D eigenvalue weighted by atomic mass is 16.6. The molecule has 0 amide bonds. The van der Waals surface area contributed by atoms with E-state index in [0.717, 1.165) is 5.52 Å². The van der Waals surface area contributed by atoms with Crippen LogP contribution in [0.1, 0.15) is 17.3 Å². The number of hydrogen-bond donors (Lipinski definition) is 0. The summed E-state index contributed by atoms with van der Waals surface area (Å²) in [7, 11) is 1.69. The highest BCUT2D eigenvalue weighted by Crippen LogP contribution is 2.33. The summed E-state index contributed by atoms with van der Waals surface area (Å²) in [6.45, 7) is 3.88. The van der Waals surface area contributed by atoms with Crippen molar-refractivity contribution in [1.82, 2.24) is 9.55 Å². The van der Waals surface area contributed by atoms with Crippen LogP contribution in [0.3, 0.4) is 0 Å². The molecule has 1 saturated heterocycles. The fraction of sp³-hybridized carbons (Fsp3) is 0.292. The summed E-state index contributed by atoms with van der Waals surface area (Å²) >= 11 is 0. The number of fused-ring (bicyclic) bond motifs is 2. The Labute approximate surface area is 199 Å². The predicted molar refractivity (Wildman–Crippen MR) is 130 cm³/mol. The molecule has 2 aromatic carbocycles. The molecule has 0 spiro atoms. The van der Waals surface area contributed by atoms with Gasteiger partial charge in [-0.1, -0.05) is 12.1 Å². The molecule has 2 aromatic heterocycles. The molecule has 0 saturated carbocycles. The predicted octanol–water partition coefficient (Wildman–Crippen LogP) is 3.09. The second kappa shape index (κ2) is 8.75. The zero-order valence-electron chi connectivity index (χ0n) is 19.3. The lowest BCUT2D eigenvalue weighted by Crippen LogP contribution is -2.46. The third-order valence-corrected chi connectivity index (χ3v) is 6.15. The monoisotopic (exact) mass is 477 g/mol. The van der Waals surface area contributed by atoms with E-state index in [9.17, 15) is 19.7 Å². The summed E-state index contributed by atoms with van der Waals surface area (Å²) in [4.78, 5) is 45.1. The normalized spacial score (nSPS) is 14.0. The first-order valence-corrected chi connectivity index (χ1v) is 11.2. The van der Waals surface area contributed by atoms with E-state index < -0.39 is 16.3 Å². The number of nitro groups is 1. The largest absolute Gasteiger partial charge is 0.462 e. The van der Waals surface area contributed by atoms with Gasteiger partial charge in [-0.2, -0.15) is 4.98 Å². The highest BCUT2D eigenvalue weighted by Gasteiger charge is 2.28. The molecule has 1 aliphatic rings. The Morgan fingerprint density at radius 3 is 2.57 bits per heavy atom. The first-order chi connectivity index (χ1) is 16.9. The van der Waals surface area contributed by atoms with Crippen LogP contribution in [-0.2, 0) is 11.8 Å². The molecule has 1 fully saturated rings. The van der Waals surface area contributed by atoms with Crippen molar-refractivity contribution < 1.29 is 18.9 Å². The van der Waals surface area contributed by atoms with Crippen LogP contribution in [0, 0.1) is 10.1 Å². The van der Waals surface area contributed by atoms with E-state index >= 15 is 0 Å². The second-order valence-electron chi connectivity index (χ2n) is 8.26. The van der Waals surface area contributed by atoms with Crippen molar-refractivity contribution in [2.24, 2.45) is 7.05 Å². The van der Waals surface area contributed by atoms with Gasteiger partial charge in [-0.15, -0.1) is 0 Å². The molecule has 1 aliphatic heterocycles. The average molecular weight is 477 g/mol. The number of pyridine rings is 1. The summed E-state index contributed by atoms with van der Waals surface area (Å²) in [5.74, 6) is -0.753. The Morgan fingerprint density at radius 2 is 1.89 bits per heavy atom. The number of hydrogen-bond acceptors (Lipinski definition) is 9. The number of benzene rings is 2. The van der Waals surface area contributed by atoms with E-state index in [1.54, 1.807) is 24.6 Å². The number of esters is 1. The zero-order valence-corrected chi connectivity index (χ0v) is 19.3. The van der Waals surface area contributed by atoms with E-state index in [1.807, 2.05) is 34.1 Å². The Kier molecular flexibility index (Phi) is 5.59. The van der Waals surface area contributed by atoms with Crippen molar-refractivity contribution in [2.75, 3.05) is 42.6 Å². The summed E-state index contributed by atoms with van der Waals surface area (Å²) in [6.07, 6.45) is 1.41. The number of para-hydroxylation sites is 2. The number of aryl methyl sites for hydroxylation is 1. The maximum absolute atomic E-state index is 13.0. The van der Waals surface area contributed by atoms with E-state index in [0.29, 0.717) is 49.0 Å². The van der Waals surface area contributed by atoms with Gasteiger partial charge < -0.3 is 23.5 Å². The maximum atomic E-state index is 13.0. The van der Waals surface area contributed by atoms with Crippen molar-refractivity contribution >= 4 is 45.4 Å². The first kappa shape index (κ1) is 22.4. The summed E-state index contributed by atoms with van der Waals surface area (Å²) < 4.78 is 12.4. The fourth-order valence-electron chi connectivity index (χ4n) is 4.39. The third-order valence-electron chi connectivity index (χ3n) is 6.15. The van der Waals surface area contributed by atoms with Gasteiger partial charge in [0.1, 0.15) is 16.8 Å². The molecule has 0 radical (unpaired) electrons. The Hall–Kier alpha value is -4.41. The number of carbonyl (C=O) groups is 1. The van der Waals surface area contributed by atoms with E-state index in [-0.39, 0.29) is 23.2 Å². The average Bonchev–Trinajstić information content (AvgIpc) is 3.30. The summed E-state index contributed by atoms with van der Waals surface area (Å²) in [5, 5.41) is 12.0. The van der Waals surface area contributed by atoms with Gasteiger partial charge in [-0.05, 0) is 25.1 Å². The number of carbonyl (C=O) groups excluding carboxylic acids is 1. The van der Waals surface area contributed by atoms with Crippen molar-refractivity contribution in [3.8, 4) is 0 Å². The van der Waals surface area contributed by atoms with Gasteiger partial charge >= 0.3 is 5.97 Å². The van der Waals surface area contributed by atoms with Crippen LogP contribution in [0.25, 0.3) is 22.0 Å². The summed E-state index contributed by atoms with van der Waals surface area (Å²) in [5.41, 5.74) is 1.45. The van der Waals surface area contributed by atoms with Gasteiger partial charge in [0.25, 0.3) is 11.7 Å². The molecule has 0 unspecified atom stereocenters. The van der Waals surface area contributed by atoms with Crippen LogP contribution in [0.4, 0.5) is 17.4 Å². The van der Waals surface area contributed by atoms with Gasteiger partial charge in [0.2, 0.25) is 5.43 Å².